The molecule has 6 saturated heterocycles. The molecule has 4 aromatic carbocycles. The highest BCUT2D eigenvalue weighted by molar-refractivity contribution is 7.89. The van der Waals surface area contributed by atoms with E-state index in [0.29, 0.717) is 4.31 Å². The second-order valence-corrected chi connectivity index (χ2v) is 52.3. The summed E-state index contributed by atoms with van der Waals surface area (Å²) in [6.07, 6.45) is -26.9. The van der Waals surface area contributed by atoms with Crippen LogP contribution in [0.4, 0.5) is 4.79 Å². The average Bonchev–Trinajstić information content (AvgIpc) is 1.30. The fourth-order valence-corrected chi connectivity index (χ4v) is 37.2. The zero-order valence-electron chi connectivity index (χ0n) is 70.7. The summed E-state index contributed by atoms with van der Waals surface area (Å²) < 4.78 is 160. The molecule has 4 aromatic rings. The van der Waals surface area contributed by atoms with Gasteiger partial charge < -0.3 is 84.3 Å². The molecule has 20 atom stereocenters. The minimum atomic E-state index is -5.12. The molecule has 14 unspecified atom stereocenters. The zero-order valence-corrected chi connectivity index (χ0v) is 74.5. The first-order valence-corrected chi connectivity index (χ1v) is 48.8. The van der Waals surface area contributed by atoms with Crippen LogP contribution in [0.1, 0.15) is 169 Å². The lowest BCUT2D eigenvalue weighted by atomic mass is 9.94. The van der Waals surface area contributed by atoms with Crippen LogP contribution in [-0.4, -0.2) is 204 Å². The monoisotopic (exact) mass is 1660 g/mol. The highest BCUT2D eigenvalue weighted by atomic mass is 32.2. The molecule has 25 nitrogen and oxygen atoms in total. The van der Waals surface area contributed by atoms with Crippen LogP contribution in [0.15, 0.2) is 126 Å². The van der Waals surface area contributed by atoms with Gasteiger partial charge in [0.2, 0.25) is 5.91 Å². The third-order valence-electron chi connectivity index (χ3n) is 24.0. The Labute approximate surface area is 679 Å². The van der Waals surface area contributed by atoms with Gasteiger partial charge in [0.15, 0.2) is 80.6 Å². The lowest BCUT2D eigenvalue weighted by Gasteiger charge is -2.52. The van der Waals surface area contributed by atoms with Gasteiger partial charge in [-0.3, -0.25) is 14.4 Å². The largest absolute Gasteiger partial charge is 0.509 e. The molecule has 0 radical (unpaired) electrons. The Morgan fingerprint density at radius 2 is 0.754 bits per heavy atom. The molecule has 634 valence electrons. The summed E-state index contributed by atoms with van der Waals surface area (Å²) >= 11 is 0. The van der Waals surface area contributed by atoms with Crippen LogP contribution in [0.3, 0.4) is 0 Å². The summed E-state index contributed by atoms with van der Waals surface area (Å²) in [6.45, 7) is 43.4. The van der Waals surface area contributed by atoms with Crippen molar-refractivity contribution < 1.29 is 112 Å². The van der Waals surface area contributed by atoms with E-state index in [2.05, 4.69) is 125 Å². The molecule has 10 rings (SSSR count). The molecule has 0 aromatic heterocycles. The number of carbonyl (C=O) groups excluding carboxylic acids is 4. The molecule has 29 heteroatoms. The van der Waals surface area contributed by atoms with Gasteiger partial charge in [0.05, 0.1) is 50.6 Å². The lowest BCUT2D eigenvalue weighted by Crippen LogP contribution is -2.71. The third kappa shape index (κ3) is 20.0. The van der Waals surface area contributed by atoms with Gasteiger partial charge in [0.1, 0.15) is 61.0 Å². The molecule has 0 bridgehead atoms. The SMILES string of the molecule is CC(=O)O[C@H]1C(CO[Si](C(C)C)(C(C)C)C(C)C)OC2OC2C1OC1OC(CO[Si](C(C)C)(C(C)C)C(C)C)[C@H](OC(C)=O)C(O[C@@H]2OC(CO[Si](C(C)C)(C(C)C)C(C)C)[C@@H]3OC(=O)OC3C2O[C@@H]2OC(C)[C@@H](OCc3ccccc3)C(OCc3ccccc3)C2OCc2ccccc2)C1N(C(C)=O)S(=O)(=O)c1ccccc1. The fraction of sp³-hybridized carbons (Fsp3) is 0.671. The molecule has 0 spiro atoms. The smallest absolute Gasteiger partial charge is 0.457 e. The van der Waals surface area contributed by atoms with E-state index >= 15 is 13.2 Å². The van der Waals surface area contributed by atoms with Crippen molar-refractivity contribution in [3.63, 3.8) is 0 Å². The summed E-state index contributed by atoms with van der Waals surface area (Å²) in [4.78, 5) is 57.9. The van der Waals surface area contributed by atoms with Gasteiger partial charge in [-0.15, -0.1) is 0 Å². The van der Waals surface area contributed by atoms with Crippen LogP contribution < -0.4 is 0 Å². The van der Waals surface area contributed by atoms with Gasteiger partial charge in [-0.25, -0.2) is 17.5 Å². The van der Waals surface area contributed by atoms with Gasteiger partial charge in [-0.05, 0) is 85.6 Å². The van der Waals surface area contributed by atoms with Gasteiger partial charge in [0, 0.05) is 20.8 Å². The van der Waals surface area contributed by atoms with Crippen LogP contribution in [0.5, 0.6) is 0 Å². The Balaban J connectivity index is 1.20. The highest BCUT2D eigenvalue weighted by Gasteiger charge is 2.66. The van der Waals surface area contributed by atoms with Crippen molar-refractivity contribution in [2.24, 2.45) is 0 Å². The quantitative estimate of drug-likeness (QED) is 0.0174. The number of hydrogen-bond donors (Lipinski definition) is 0. The number of nitrogens with zero attached hydrogens (tertiary/aromatic N) is 1. The van der Waals surface area contributed by atoms with Crippen LogP contribution in [0, 0.1) is 0 Å². The van der Waals surface area contributed by atoms with Gasteiger partial charge in [-0.1, -0.05) is 234 Å². The molecule has 6 heterocycles. The standard InChI is InChI=1S/C85H127NO24SSi3/c1-49(2)112(50(3)4,51(5)6)96-46-66-71(100-60(21)88)74(69(86(59(20)87)111(91,92)65-41-33-26-34-42-65)81(102-66)106-76-72(101-61(22)89)67(103-84-79(76)108-84)47-97-113(52(7)8,53(9)10)54(11)12)105-83-80(77-73(109-85(90)110-77)68(104-83)48-98-114(55(13)14,56(15)16)57(17)18)107-82-78(95-45-64-39-31-25-32-40-64)75(94-44-63-37-29-24-30-38-63)70(58(19)99-82)93-43-62-35-27-23-28-36-62/h23-42,49-58,66-84H,43-48H2,1-22H3/t58?,66?,67?,68?,69?,70-,71+,72+,73+,74?,75?,76?,77?,78?,79?,80?,81?,82+,83+,84?/m1/s1. The number of amides is 1. The van der Waals surface area contributed by atoms with Crippen molar-refractivity contribution in [3.05, 3.63) is 138 Å². The number of hydrogen-bond acceptors (Lipinski definition) is 24. The molecule has 0 N–H and O–H groups in total. The van der Waals surface area contributed by atoms with Crippen molar-refractivity contribution in [1.82, 2.24) is 4.31 Å². The third-order valence-corrected chi connectivity index (χ3v) is 44.2. The predicted octanol–water partition coefficient (Wildman–Crippen LogP) is 15.2. The van der Waals surface area contributed by atoms with E-state index < -0.39 is 182 Å². The normalized spacial score (nSPS) is 29.5. The Bertz CT molecular complexity index is 3780. The van der Waals surface area contributed by atoms with E-state index in [-0.39, 0.29) is 94.4 Å². The first-order valence-electron chi connectivity index (χ1n) is 40.9. The molecule has 1 amide bonds. The number of epoxide rings is 1. The molecule has 0 aliphatic carbocycles. The van der Waals surface area contributed by atoms with Gasteiger partial charge >= 0.3 is 18.1 Å². The van der Waals surface area contributed by atoms with Gasteiger partial charge in [0.25, 0.3) is 10.0 Å². The minimum absolute atomic E-state index is 0.00373. The van der Waals surface area contributed by atoms with E-state index in [1.165, 1.54) is 38.1 Å². The lowest BCUT2D eigenvalue weighted by molar-refractivity contribution is -0.383. The minimum Gasteiger partial charge on any atom is -0.457 e. The highest BCUT2D eigenvalue weighted by Crippen LogP contribution is 2.50. The molecule has 0 saturated carbocycles. The predicted molar refractivity (Wildman–Crippen MR) is 432 cm³/mol. The van der Waals surface area contributed by atoms with E-state index in [1.807, 2.05) is 97.9 Å². The van der Waals surface area contributed by atoms with E-state index in [0.717, 1.165) is 23.6 Å². The number of rotatable bonds is 38. The van der Waals surface area contributed by atoms with E-state index in [1.54, 1.807) is 6.07 Å². The van der Waals surface area contributed by atoms with Crippen LogP contribution >= 0.6 is 0 Å². The Morgan fingerprint density at radius 3 is 1.18 bits per heavy atom. The van der Waals surface area contributed by atoms with Crippen LogP contribution in [0.25, 0.3) is 0 Å². The molecule has 6 aliphatic rings. The molecule has 6 fully saturated rings. The van der Waals surface area contributed by atoms with Crippen molar-refractivity contribution in [3.8, 4) is 0 Å². The maximum Gasteiger partial charge on any atom is 0.509 e. The fourth-order valence-electron chi connectivity index (χ4n) is 19.3. The summed E-state index contributed by atoms with van der Waals surface area (Å²) in [5.74, 6) is -2.64. The average molecular weight is 1660 g/mol. The molecular formula is C85H127NO24SSi3. The summed E-state index contributed by atoms with van der Waals surface area (Å²) in [5, 5.41) is 0. The molecule has 6 aliphatic heterocycles. The Kier molecular flexibility index (Phi) is 31.3. The number of sulfonamides is 1. The van der Waals surface area contributed by atoms with Gasteiger partial charge in [-0.2, -0.15) is 0 Å². The first-order chi connectivity index (χ1) is 54.0. The number of carbonyl (C=O) groups is 4. The summed E-state index contributed by atoms with van der Waals surface area (Å²) in [6, 6.07) is 34.1. The zero-order chi connectivity index (χ0) is 83.1. The van der Waals surface area contributed by atoms with E-state index in [9.17, 15) is 14.4 Å². The first kappa shape index (κ1) is 90.9. The van der Waals surface area contributed by atoms with Crippen molar-refractivity contribution in [2.75, 3.05) is 19.8 Å². The maximum atomic E-state index is 16.3. The van der Waals surface area contributed by atoms with Crippen LogP contribution in [0.2, 0.25) is 49.9 Å². The number of esters is 2. The van der Waals surface area contributed by atoms with Crippen LogP contribution in [-0.2, 0) is 129 Å². The summed E-state index contributed by atoms with van der Waals surface area (Å²) in [7, 11) is -13.6. The second kappa shape index (κ2) is 39.2. The number of fused-ring (bicyclic) bond motifs is 2. The molecule has 114 heavy (non-hydrogen) atoms. The Morgan fingerprint density at radius 1 is 0.395 bits per heavy atom. The molecular weight excluding hydrogens is 1540 g/mol. The number of benzene rings is 4. The maximum absolute atomic E-state index is 16.3. The second-order valence-electron chi connectivity index (χ2n) is 34.1. The van der Waals surface area contributed by atoms with Crippen molar-refractivity contribution >= 4 is 59.0 Å². The topological polar surface area (TPSA) is 275 Å². The van der Waals surface area contributed by atoms with Crippen molar-refractivity contribution in [1.29, 1.82) is 0 Å². The Hall–Kier alpha value is -5.40. The van der Waals surface area contributed by atoms with Crippen molar-refractivity contribution in [2.45, 2.75) is 350 Å². The number of ether oxygens (including phenoxy) is 15. The summed E-state index contributed by atoms with van der Waals surface area (Å²) in [5.41, 5.74) is 3.05. The van der Waals surface area contributed by atoms with E-state index in [4.69, 9.17) is 84.3 Å².